The number of hydrogen-bond donors (Lipinski definition) is 2. The number of aryl methyl sites for hydroxylation is 1. The Morgan fingerprint density at radius 3 is 2.61 bits per heavy atom. The smallest absolute Gasteiger partial charge is 0.275 e. The van der Waals surface area contributed by atoms with Gasteiger partial charge < -0.3 is 10.6 Å². The van der Waals surface area contributed by atoms with Gasteiger partial charge in [0.25, 0.3) is 5.91 Å². The summed E-state index contributed by atoms with van der Waals surface area (Å²) in [5, 5.41) is 10.1. The van der Waals surface area contributed by atoms with Gasteiger partial charge in [-0.3, -0.25) is 9.59 Å². The Labute approximate surface area is 135 Å². The molecule has 23 heavy (non-hydrogen) atoms. The number of aromatic nitrogens is 2. The number of nitrogens with zero attached hydrogens (tertiary/aromatic N) is 2. The van der Waals surface area contributed by atoms with Gasteiger partial charge in [0.15, 0.2) is 5.69 Å². The topological polar surface area (TPSA) is 76.0 Å². The Morgan fingerprint density at radius 2 is 1.91 bits per heavy atom. The summed E-state index contributed by atoms with van der Waals surface area (Å²) in [5.41, 5.74) is 1.04. The van der Waals surface area contributed by atoms with Crippen molar-refractivity contribution in [1.29, 1.82) is 0 Å². The summed E-state index contributed by atoms with van der Waals surface area (Å²) in [6.45, 7) is 5.89. The molecule has 6 heteroatoms. The van der Waals surface area contributed by atoms with Gasteiger partial charge in [0.1, 0.15) is 0 Å². The number of para-hydroxylation sites is 1. The van der Waals surface area contributed by atoms with Crippen molar-refractivity contribution in [1.82, 2.24) is 20.4 Å². The lowest BCUT2D eigenvalue weighted by Crippen LogP contribution is -2.36. The summed E-state index contributed by atoms with van der Waals surface area (Å²) in [7, 11) is 0. The van der Waals surface area contributed by atoms with Crippen LogP contribution in [0.1, 0.15) is 29.5 Å². The average Bonchev–Trinajstić information content (AvgIpc) is 2.55. The van der Waals surface area contributed by atoms with Crippen molar-refractivity contribution in [3.05, 3.63) is 58.0 Å². The van der Waals surface area contributed by atoms with E-state index in [1.165, 1.54) is 6.07 Å². The van der Waals surface area contributed by atoms with Crippen LogP contribution in [0.5, 0.6) is 0 Å². The van der Waals surface area contributed by atoms with Crippen LogP contribution in [0.3, 0.4) is 0 Å². The van der Waals surface area contributed by atoms with Crippen molar-refractivity contribution < 1.29 is 4.79 Å². The Hall–Kier alpha value is -2.47. The van der Waals surface area contributed by atoms with E-state index in [1.807, 2.05) is 30.3 Å². The van der Waals surface area contributed by atoms with Gasteiger partial charge in [0.2, 0.25) is 5.43 Å². The third-order valence-electron chi connectivity index (χ3n) is 3.34. The second kappa shape index (κ2) is 8.24. The van der Waals surface area contributed by atoms with Crippen molar-refractivity contribution in [3.63, 3.8) is 0 Å². The first kappa shape index (κ1) is 16.9. The molecule has 1 heterocycles. The molecule has 1 aromatic carbocycles. The van der Waals surface area contributed by atoms with Crippen LogP contribution in [0, 0.1) is 6.92 Å². The van der Waals surface area contributed by atoms with E-state index in [9.17, 15) is 9.59 Å². The maximum Gasteiger partial charge on any atom is 0.275 e. The highest BCUT2D eigenvalue weighted by Crippen LogP contribution is 2.07. The quantitative estimate of drug-likeness (QED) is 0.755. The zero-order valence-electron chi connectivity index (χ0n) is 13.5. The predicted molar refractivity (Wildman–Crippen MR) is 90.1 cm³/mol. The fraction of sp³-hybridized carbons (Fsp3) is 0.353. The van der Waals surface area contributed by atoms with Crippen LogP contribution >= 0.6 is 0 Å². The number of carbonyl (C=O) groups excluding carboxylic acids is 1. The molecule has 0 aliphatic rings. The van der Waals surface area contributed by atoms with Crippen LogP contribution in [-0.2, 0) is 0 Å². The molecule has 6 nitrogen and oxygen atoms in total. The van der Waals surface area contributed by atoms with Gasteiger partial charge in [-0.05, 0) is 32.0 Å². The normalized spacial score (nSPS) is 10.5. The maximum atomic E-state index is 12.2. The molecule has 0 saturated heterocycles. The predicted octanol–water partition coefficient (Wildman–Crippen LogP) is 1.27. The van der Waals surface area contributed by atoms with Crippen molar-refractivity contribution in [2.24, 2.45) is 0 Å². The number of carbonyl (C=O) groups is 1. The lowest BCUT2D eigenvalue weighted by molar-refractivity contribution is 0.0946. The highest BCUT2D eigenvalue weighted by Gasteiger charge is 2.14. The first-order valence-corrected chi connectivity index (χ1v) is 7.78. The van der Waals surface area contributed by atoms with Crippen LogP contribution in [0.15, 0.2) is 41.2 Å². The second-order valence-electron chi connectivity index (χ2n) is 5.25. The molecule has 0 radical (unpaired) electrons. The number of rotatable bonds is 7. The van der Waals surface area contributed by atoms with Gasteiger partial charge >= 0.3 is 0 Å². The van der Waals surface area contributed by atoms with E-state index >= 15 is 0 Å². The Morgan fingerprint density at radius 1 is 1.17 bits per heavy atom. The van der Waals surface area contributed by atoms with Crippen molar-refractivity contribution >= 4 is 5.91 Å². The molecule has 2 N–H and O–H groups in total. The molecule has 0 unspecified atom stereocenters. The van der Waals surface area contributed by atoms with Crippen LogP contribution < -0.4 is 16.1 Å². The van der Waals surface area contributed by atoms with Crippen LogP contribution in [0.25, 0.3) is 5.69 Å². The Bertz CT molecular complexity index is 710. The first-order valence-electron chi connectivity index (χ1n) is 7.78. The van der Waals surface area contributed by atoms with Crippen LogP contribution in [0.2, 0.25) is 0 Å². The van der Waals surface area contributed by atoms with Gasteiger partial charge in [-0.2, -0.15) is 5.10 Å². The minimum atomic E-state index is -0.446. The van der Waals surface area contributed by atoms with Gasteiger partial charge in [-0.1, -0.05) is 25.1 Å². The van der Waals surface area contributed by atoms with E-state index in [0.717, 1.165) is 18.7 Å². The molecule has 122 valence electrons. The zero-order chi connectivity index (χ0) is 16.7. The molecule has 0 bridgehead atoms. The molecular formula is C17H22N4O2. The molecule has 0 fully saturated rings. The Kier molecular flexibility index (Phi) is 6.05. The van der Waals surface area contributed by atoms with Crippen molar-refractivity contribution in [2.45, 2.75) is 20.3 Å². The standard InChI is InChI=1S/C17H22N4O2/c1-3-9-18-10-11-19-17(23)16-15(22)12-13(2)21(20-16)14-7-5-4-6-8-14/h4-8,12,18H,3,9-11H2,1-2H3,(H,19,23). The molecule has 1 amide bonds. The van der Waals surface area contributed by atoms with E-state index in [2.05, 4.69) is 22.7 Å². The van der Waals surface area contributed by atoms with E-state index in [1.54, 1.807) is 11.6 Å². The van der Waals surface area contributed by atoms with E-state index in [4.69, 9.17) is 0 Å². The monoisotopic (exact) mass is 314 g/mol. The molecular weight excluding hydrogens is 292 g/mol. The van der Waals surface area contributed by atoms with E-state index in [-0.39, 0.29) is 11.1 Å². The minimum Gasteiger partial charge on any atom is -0.349 e. The lowest BCUT2D eigenvalue weighted by atomic mass is 10.2. The fourth-order valence-corrected chi connectivity index (χ4v) is 2.19. The third kappa shape index (κ3) is 4.50. The largest absolute Gasteiger partial charge is 0.349 e. The summed E-state index contributed by atoms with van der Waals surface area (Å²) < 4.78 is 1.60. The van der Waals surface area contributed by atoms with Gasteiger partial charge in [0.05, 0.1) is 5.69 Å². The second-order valence-corrected chi connectivity index (χ2v) is 5.25. The van der Waals surface area contributed by atoms with Gasteiger partial charge in [0, 0.05) is 24.8 Å². The zero-order valence-corrected chi connectivity index (χ0v) is 13.5. The minimum absolute atomic E-state index is 0.0880. The molecule has 0 atom stereocenters. The number of nitrogens with one attached hydrogen (secondary N) is 2. The first-order chi connectivity index (χ1) is 11.1. The summed E-state index contributed by atoms with van der Waals surface area (Å²) in [4.78, 5) is 24.2. The number of benzene rings is 1. The average molecular weight is 314 g/mol. The fourth-order valence-electron chi connectivity index (χ4n) is 2.19. The molecule has 2 rings (SSSR count). The SMILES string of the molecule is CCCNCCNC(=O)c1nn(-c2ccccc2)c(C)cc1=O. The summed E-state index contributed by atoms with van der Waals surface area (Å²) in [6.07, 6.45) is 1.04. The highest BCUT2D eigenvalue weighted by atomic mass is 16.2. The third-order valence-corrected chi connectivity index (χ3v) is 3.34. The van der Waals surface area contributed by atoms with E-state index < -0.39 is 5.91 Å². The molecule has 0 aliphatic heterocycles. The molecule has 2 aromatic rings. The number of hydrogen-bond acceptors (Lipinski definition) is 4. The van der Waals surface area contributed by atoms with Crippen LogP contribution in [-0.4, -0.2) is 35.3 Å². The maximum absolute atomic E-state index is 12.2. The van der Waals surface area contributed by atoms with Crippen LogP contribution in [0.4, 0.5) is 0 Å². The number of amides is 1. The molecule has 0 spiro atoms. The summed E-state index contributed by atoms with van der Waals surface area (Å²) in [5.74, 6) is -0.446. The van der Waals surface area contributed by atoms with Crippen molar-refractivity contribution in [3.8, 4) is 5.69 Å². The van der Waals surface area contributed by atoms with Gasteiger partial charge in [-0.25, -0.2) is 4.68 Å². The van der Waals surface area contributed by atoms with E-state index in [0.29, 0.717) is 18.8 Å². The van der Waals surface area contributed by atoms with Crippen molar-refractivity contribution in [2.75, 3.05) is 19.6 Å². The molecule has 0 saturated carbocycles. The Balaban J connectivity index is 2.16. The molecule has 1 aromatic heterocycles. The highest BCUT2D eigenvalue weighted by molar-refractivity contribution is 5.92. The summed E-state index contributed by atoms with van der Waals surface area (Å²) in [6, 6.07) is 10.9. The van der Waals surface area contributed by atoms with Gasteiger partial charge in [-0.15, -0.1) is 0 Å². The molecule has 0 aliphatic carbocycles. The lowest BCUT2D eigenvalue weighted by Gasteiger charge is -2.11. The summed E-state index contributed by atoms with van der Waals surface area (Å²) >= 11 is 0.